The van der Waals surface area contributed by atoms with Gasteiger partial charge in [-0.15, -0.1) is 11.3 Å². The zero-order valence-electron chi connectivity index (χ0n) is 15.6. The summed E-state index contributed by atoms with van der Waals surface area (Å²) in [6, 6.07) is 4.44. The molecule has 4 rings (SSSR count). The zero-order chi connectivity index (χ0) is 18.3. The minimum absolute atomic E-state index is 0.00987. The molecular formula is C19H26N4O2S. The summed E-state index contributed by atoms with van der Waals surface area (Å²) in [5.41, 5.74) is 1.58. The quantitative estimate of drug-likeness (QED) is 0.892. The standard InChI is InChI=1S/C19H26N4O2S/c1-13(2)23-16(4-6-21-23)15-10-22(11-17-14(3)5-9-26-17)12-19(15)18(24)20-7-8-25-19/h4-6,9,13,15H,7-8,10-12H2,1-3H3,(H,20,24)/t15-,19-/m0/s1. The molecule has 1 N–H and O–H groups in total. The number of aryl methyl sites for hydroxylation is 1. The molecule has 2 saturated heterocycles. The molecule has 4 heterocycles. The lowest BCUT2D eigenvalue weighted by atomic mass is 9.86. The molecule has 2 aromatic heterocycles. The number of nitrogens with one attached hydrogen (secondary N) is 1. The first kappa shape index (κ1) is 17.7. The van der Waals surface area contributed by atoms with Gasteiger partial charge in [-0.3, -0.25) is 14.4 Å². The van der Waals surface area contributed by atoms with Crippen LogP contribution in [-0.4, -0.2) is 52.4 Å². The van der Waals surface area contributed by atoms with Crippen molar-refractivity contribution in [2.24, 2.45) is 0 Å². The number of ether oxygens (including phenoxy) is 1. The molecule has 2 aliphatic rings. The molecule has 140 valence electrons. The lowest BCUT2D eigenvalue weighted by Gasteiger charge is -2.37. The van der Waals surface area contributed by atoms with Crippen molar-refractivity contribution in [2.45, 2.75) is 44.9 Å². The van der Waals surface area contributed by atoms with Crippen molar-refractivity contribution in [3.8, 4) is 0 Å². The first-order valence-electron chi connectivity index (χ1n) is 9.22. The molecule has 2 aliphatic heterocycles. The summed E-state index contributed by atoms with van der Waals surface area (Å²) in [4.78, 5) is 16.6. The van der Waals surface area contributed by atoms with E-state index in [2.05, 4.69) is 47.5 Å². The Balaban J connectivity index is 1.68. The van der Waals surface area contributed by atoms with E-state index in [0.29, 0.717) is 19.7 Å². The minimum Gasteiger partial charge on any atom is -0.361 e. The van der Waals surface area contributed by atoms with Crippen LogP contribution in [0.15, 0.2) is 23.7 Å². The van der Waals surface area contributed by atoms with Gasteiger partial charge in [0.05, 0.1) is 12.5 Å². The van der Waals surface area contributed by atoms with Crippen LogP contribution in [0.5, 0.6) is 0 Å². The van der Waals surface area contributed by atoms with Gasteiger partial charge in [0.2, 0.25) is 0 Å². The molecule has 2 aromatic rings. The molecule has 2 atom stereocenters. The van der Waals surface area contributed by atoms with Gasteiger partial charge in [0.25, 0.3) is 5.91 Å². The lowest BCUT2D eigenvalue weighted by Crippen LogP contribution is -2.59. The Morgan fingerprint density at radius 1 is 1.46 bits per heavy atom. The number of rotatable bonds is 4. The molecule has 0 aromatic carbocycles. The normalized spacial score (nSPS) is 26.8. The summed E-state index contributed by atoms with van der Waals surface area (Å²) in [7, 11) is 0. The number of amides is 1. The Kier molecular flexibility index (Phi) is 4.62. The highest BCUT2D eigenvalue weighted by atomic mass is 32.1. The highest BCUT2D eigenvalue weighted by molar-refractivity contribution is 7.10. The minimum atomic E-state index is -0.823. The number of carbonyl (C=O) groups excluding carboxylic acids is 1. The number of thiophene rings is 1. The van der Waals surface area contributed by atoms with E-state index in [0.717, 1.165) is 18.8 Å². The van der Waals surface area contributed by atoms with Crippen LogP contribution in [0.25, 0.3) is 0 Å². The van der Waals surface area contributed by atoms with Crippen LogP contribution in [0, 0.1) is 6.92 Å². The largest absolute Gasteiger partial charge is 0.361 e. The van der Waals surface area contributed by atoms with Gasteiger partial charge in [0.15, 0.2) is 5.60 Å². The van der Waals surface area contributed by atoms with Crippen LogP contribution in [0.4, 0.5) is 0 Å². The molecule has 26 heavy (non-hydrogen) atoms. The summed E-state index contributed by atoms with van der Waals surface area (Å²) in [5, 5.41) is 9.65. The van der Waals surface area contributed by atoms with E-state index >= 15 is 0 Å². The van der Waals surface area contributed by atoms with E-state index < -0.39 is 5.60 Å². The predicted molar refractivity (Wildman–Crippen MR) is 101 cm³/mol. The van der Waals surface area contributed by atoms with E-state index in [9.17, 15) is 4.79 Å². The highest BCUT2D eigenvalue weighted by Crippen LogP contribution is 2.41. The van der Waals surface area contributed by atoms with Gasteiger partial charge >= 0.3 is 0 Å². The number of likely N-dealkylation sites (tertiary alicyclic amines) is 1. The van der Waals surface area contributed by atoms with E-state index in [1.807, 2.05) is 16.9 Å². The molecule has 6 nitrogen and oxygen atoms in total. The fourth-order valence-corrected chi connectivity index (χ4v) is 5.10. The second kappa shape index (κ2) is 6.79. The number of nitrogens with zero attached hydrogens (tertiary/aromatic N) is 3. The predicted octanol–water partition coefficient (Wildman–Crippen LogP) is 2.32. The third kappa shape index (κ3) is 2.88. The third-order valence-corrected chi connectivity index (χ3v) is 6.48. The highest BCUT2D eigenvalue weighted by Gasteiger charge is 2.56. The number of carbonyl (C=O) groups is 1. The van der Waals surface area contributed by atoms with Gasteiger partial charge in [0.1, 0.15) is 0 Å². The molecule has 1 spiro atoms. The molecule has 1 amide bonds. The monoisotopic (exact) mass is 374 g/mol. The first-order chi connectivity index (χ1) is 12.5. The molecule has 0 unspecified atom stereocenters. The van der Waals surface area contributed by atoms with Gasteiger partial charge in [-0.05, 0) is 43.8 Å². The van der Waals surface area contributed by atoms with Crippen LogP contribution in [0.2, 0.25) is 0 Å². The van der Waals surface area contributed by atoms with Gasteiger partial charge in [-0.25, -0.2) is 0 Å². The molecule has 0 bridgehead atoms. The van der Waals surface area contributed by atoms with Crippen molar-refractivity contribution < 1.29 is 9.53 Å². The smallest absolute Gasteiger partial charge is 0.254 e. The van der Waals surface area contributed by atoms with Crippen molar-refractivity contribution >= 4 is 17.2 Å². The number of hydrogen-bond acceptors (Lipinski definition) is 5. The first-order valence-corrected chi connectivity index (χ1v) is 10.1. The topological polar surface area (TPSA) is 59.4 Å². The fraction of sp³-hybridized carbons (Fsp3) is 0.579. The van der Waals surface area contributed by atoms with E-state index in [4.69, 9.17) is 4.74 Å². The Hall–Kier alpha value is -1.70. The number of aromatic nitrogens is 2. The van der Waals surface area contributed by atoms with Crippen molar-refractivity contribution in [2.75, 3.05) is 26.2 Å². The van der Waals surface area contributed by atoms with Gasteiger partial charge in [-0.2, -0.15) is 5.10 Å². The summed E-state index contributed by atoms with van der Waals surface area (Å²) < 4.78 is 8.22. The second-order valence-electron chi connectivity index (χ2n) is 7.54. The van der Waals surface area contributed by atoms with Crippen LogP contribution in [-0.2, 0) is 16.1 Å². The summed E-state index contributed by atoms with van der Waals surface area (Å²) in [6.07, 6.45) is 1.83. The Morgan fingerprint density at radius 3 is 3.00 bits per heavy atom. The SMILES string of the molecule is Cc1ccsc1CN1C[C@@H](c2ccnn2C(C)C)[C@]2(C1)OCCNC2=O. The molecular weight excluding hydrogens is 348 g/mol. The lowest BCUT2D eigenvalue weighted by molar-refractivity contribution is -0.155. The third-order valence-electron chi connectivity index (χ3n) is 5.48. The van der Waals surface area contributed by atoms with Gasteiger partial charge in [0, 0.05) is 49.0 Å². The maximum absolute atomic E-state index is 12.9. The Bertz CT molecular complexity index is 799. The maximum Gasteiger partial charge on any atom is 0.254 e. The molecule has 2 fully saturated rings. The van der Waals surface area contributed by atoms with Crippen LogP contribution in [0.3, 0.4) is 0 Å². The van der Waals surface area contributed by atoms with E-state index in [-0.39, 0.29) is 17.9 Å². The fourth-order valence-electron chi connectivity index (χ4n) is 4.16. The van der Waals surface area contributed by atoms with Crippen molar-refractivity contribution in [1.82, 2.24) is 20.0 Å². The van der Waals surface area contributed by atoms with Crippen LogP contribution in [0.1, 0.15) is 41.9 Å². The van der Waals surface area contributed by atoms with E-state index in [1.165, 1.54) is 10.4 Å². The Labute approximate surface area is 158 Å². The second-order valence-corrected chi connectivity index (χ2v) is 8.54. The molecule has 0 radical (unpaired) electrons. The summed E-state index contributed by atoms with van der Waals surface area (Å²) in [6.45, 7) is 9.79. The number of hydrogen-bond donors (Lipinski definition) is 1. The summed E-state index contributed by atoms with van der Waals surface area (Å²) >= 11 is 1.78. The van der Waals surface area contributed by atoms with Crippen LogP contribution < -0.4 is 5.32 Å². The molecule has 0 aliphatic carbocycles. The van der Waals surface area contributed by atoms with Gasteiger partial charge < -0.3 is 10.1 Å². The van der Waals surface area contributed by atoms with Crippen molar-refractivity contribution in [3.63, 3.8) is 0 Å². The van der Waals surface area contributed by atoms with Gasteiger partial charge in [-0.1, -0.05) is 0 Å². The average Bonchev–Trinajstić information content (AvgIpc) is 3.31. The number of morpholine rings is 1. The zero-order valence-corrected chi connectivity index (χ0v) is 16.4. The average molecular weight is 375 g/mol. The van der Waals surface area contributed by atoms with Crippen molar-refractivity contribution in [1.29, 1.82) is 0 Å². The summed E-state index contributed by atoms with van der Waals surface area (Å²) in [5.74, 6) is -0.0105. The van der Waals surface area contributed by atoms with Crippen LogP contribution >= 0.6 is 11.3 Å². The Morgan fingerprint density at radius 2 is 2.31 bits per heavy atom. The van der Waals surface area contributed by atoms with E-state index in [1.54, 1.807) is 11.3 Å². The maximum atomic E-state index is 12.9. The molecule has 7 heteroatoms. The van der Waals surface area contributed by atoms with Crippen molar-refractivity contribution in [3.05, 3.63) is 39.8 Å². The molecule has 0 saturated carbocycles.